The van der Waals surface area contributed by atoms with Gasteiger partial charge < -0.3 is 19.5 Å². The van der Waals surface area contributed by atoms with Crippen molar-refractivity contribution in [3.05, 3.63) is 0 Å². The summed E-state index contributed by atoms with van der Waals surface area (Å²) in [5.74, 6) is 0.100. The highest BCUT2D eigenvalue weighted by atomic mass is 19.2. The van der Waals surface area contributed by atoms with E-state index >= 15 is 0 Å². The molecule has 6 nitrogen and oxygen atoms in total. The van der Waals surface area contributed by atoms with E-state index in [2.05, 4.69) is 5.32 Å². The molecule has 7 heteroatoms. The Balaban J connectivity index is 3.01. The molecule has 0 heterocycles. The van der Waals surface area contributed by atoms with Crippen LogP contribution in [0.25, 0.3) is 0 Å². The van der Waals surface area contributed by atoms with Gasteiger partial charge in [-0.3, -0.25) is 4.79 Å². The van der Waals surface area contributed by atoms with Crippen LogP contribution in [0.2, 0.25) is 0 Å². The van der Waals surface area contributed by atoms with Crippen molar-refractivity contribution in [2.24, 2.45) is 0 Å². The Labute approximate surface area is 126 Å². The minimum atomic E-state index is 0.100. The molecule has 0 aromatic carbocycles. The maximum atomic E-state index is 11.5. The SMILES string of the molecule is CCCC(=O)NCCCOCCOCCOCCCNF. The zero-order chi connectivity index (χ0) is 15.6. The van der Waals surface area contributed by atoms with Gasteiger partial charge in [-0.2, -0.15) is 5.54 Å². The Morgan fingerprint density at radius 3 is 1.95 bits per heavy atom. The van der Waals surface area contributed by atoms with Gasteiger partial charge in [0, 0.05) is 32.7 Å². The van der Waals surface area contributed by atoms with E-state index in [4.69, 9.17) is 14.2 Å². The second-order valence-corrected chi connectivity index (χ2v) is 4.53. The van der Waals surface area contributed by atoms with E-state index in [0.717, 1.165) is 12.8 Å². The zero-order valence-corrected chi connectivity index (χ0v) is 13.0. The standard InChI is InChI=1S/C14H29FN2O4/c1-2-5-14(18)16-6-3-8-19-10-12-21-13-11-20-9-4-7-17-15/h17H,2-13H2,1H3,(H,16,18). The Morgan fingerprint density at radius 1 is 0.905 bits per heavy atom. The summed E-state index contributed by atoms with van der Waals surface area (Å²) in [5.41, 5.74) is 1.57. The van der Waals surface area contributed by atoms with Crippen molar-refractivity contribution in [2.75, 3.05) is 52.7 Å². The Morgan fingerprint density at radius 2 is 1.43 bits per heavy atom. The number of nitrogens with one attached hydrogen (secondary N) is 2. The third kappa shape index (κ3) is 17.2. The van der Waals surface area contributed by atoms with Gasteiger partial charge >= 0.3 is 0 Å². The van der Waals surface area contributed by atoms with E-state index < -0.39 is 0 Å². The molecule has 0 aromatic heterocycles. The molecule has 2 N–H and O–H groups in total. The lowest BCUT2D eigenvalue weighted by atomic mass is 10.3. The van der Waals surface area contributed by atoms with Gasteiger partial charge in [-0.05, 0) is 19.3 Å². The van der Waals surface area contributed by atoms with Crippen LogP contribution < -0.4 is 10.9 Å². The van der Waals surface area contributed by atoms with Gasteiger partial charge in [0.2, 0.25) is 5.91 Å². The lowest BCUT2D eigenvalue weighted by Gasteiger charge is -2.07. The molecule has 0 spiro atoms. The van der Waals surface area contributed by atoms with Crippen LogP contribution in [0.5, 0.6) is 0 Å². The molecular weight excluding hydrogens is 279 g/mol. The van der Waals surface area contributed by atoms with E-state index in [0.29, 0.717) is 65.6 Å². The van der Waals surface area contributed by atoms with Crippen molar-refractivity contribution in [1.29, 1.82) is 0 Å². The fourth-order valence-corrected chi connectivity index (χ4v) is 1.50. The largest absolute Gasteiger partial charge is 0.379 e. The topological polar surface area (TPSA) is 68.8 Å². The molecule has 0 saturated heterocycles. The van der Waals surface area contributed by atoms with Gasteiger partial charge in [0.1, 0.15) is 0 Å². The second-order valence-electron chi connectivity index (χ2n) is 4.53. The summed E-state index contributed by atoms with van der Waals surface area (Å²) in [6.07, 6.45) is 2.91. The van der Waals surface area contributed by atoms with E-state index in [9.17, 15) is 9.28 Å². The molecule has 0 aliphatic heterocycles. The van der Waals surface area contributed by atoms with Crippen LogP contribution >= 0.6 is 0 Å². The molecular formula is C14H29FN2O4. The van der Waals surface area contributed by atoms with Gasteiger partial charge in [-0.25, -0.2) is 0 Å². The van der Waals surface area contributed by atoms with Crippen molar-refractivity contribution in [2.45, 2.75) is 32.6 Å². The van der Waals surface area contributed by atoms with Crippen LogP contribution in [0, 0.1) is 0 Å². The molecule has 126 valence electrons. The van der Waals surface area contributed by atoms with Crippen LogP contribution in [-0.4, -0.2) is 58.6 Å². The molecule has 0 fully saturated rings. The Hall–Kier alpha value is -0.760. The molecule has 0 aromatic rings. The first-order valence-electron chi connectivity index (χ1n) is 7.64. The summed E-state index contributed by atoms with van der Waals surface area (Å²) in [7, 11) is 0. The van der Waals surface area contributed by atoms with E-state index in [1.54, 1.807) is 5.54 Å². The molecule has 0 bridgehead atoms. The lowest BCUT2D eigenvalue weighted by molar-refractivity contribution is -0.121. The van der Waals surface area contributed by atoms with Crippen LogP contribution in [0.3, 0.4) is 0 Å². The van der Waals surface area contributed by atoms with Gasteiger partial charge in [-0.15, -0.1) is 4.48 Å². The first kappa shape index (κ1) is 20.2. The summed E-state index contributed by atoms with van der Waals surface area (Å²) >= 11 is 0. The van der Waals surface area contributed by atoms with Crippen molar-refractivity contribution >= 4 is 5.91 Å². The number of rotatable bonds is 16. The molecule has 21 heavy (non-hydrogen) atoms. The number of hydrogen-bond donors (Lipinski definition) is 2. The van der Waals surface area contributed by atoms with Crippen molar-refractivity contribution in [3.63, 3.8) is 0 Å². The van der Waals surface area contributed by atoms with E-state index in [-0.39, 0.29) is 5.91 Å². The fourth-order valence-electron chi connectivity index (χ4n) is 1.50. The predicted molar refractivity (Wildman–Crippen MR) is 78.7 cm³/mol. The molecule has 0 saturated carbocycles. The average Bonchev–Trinajstić information content (AvgIpc) is 2.48. The summed E-state index contributed by atoms with van der Waals surface area (Å²) in [5, 5.41) is 2.83. The number of carbonyl (C=O) groups excluding carboxylic acids is 1. The molecule has 0 radical (unpaired) electrons. The third-order valence-electron chi connectivity index (χ3n) is 2.57. The monoisotopic (exact) mass is 308 g/mol. The number of halogens is 1. The number of hydrogen-bond acceptors (Lipinski definition) is 5. The molecule has 0 atom stereocenters. The smallest absolute Gasteiger partial charge is 0.219 e. The molecule has 0 unspecified atom stereocenters. The maximum absolute atomic E-state index is 11.5. The van der Waals surface area contributed by atoms with Crippen molar-refractivity contribution in [3.8, 4) is 0 Å². The summed E-state index contributed by atoms with van der Waals surface area (Å²) < 4.78 is 27.4. The summed E-state index contributed by atoms with van der Waals surface area (Å²) in [6, 6.07) is 0. The maximum Gasteiger partial charge on any atom is 0.219 e. The summed E-state index contributed by atoms with van der Waals surface area (Å²) in [4.78, 5) is 11.2. The van der Waals surface area contributed by atoms with Crippen LogP contribution in [0.4, 0.5) is 4.48 Å². The van der Waals surface area contributed by atoms with Crippen LogP contribution in [0.1, 0.15) is 32.6 Å². The fraction of sp³-hybridized carbons (Fsp3) is 0.929. The van der Waals surface area contributed by atoms with Crippen molar-refractivity contribution < 1.29 is 23.5 Å². The molecule has 0 aliphatic carbocycles. The highest BCUT2D eigenvalue weighted by Crippen LogP contribution is 1.88. The first-order valence-corrected chi connectivity index (χ1v) is 7.64. The van der Waals surface area contributed by atoms with E-state index in [1.807, 2.05) is 6.92 Å². The third-order valence-corrected chi connectivity index (χ3v) is 2.57. The number of amides is 1. The normalized spacial score (nSPS) is 10.8. The molecule has 0 aliphatic rings. The Kier molecular flexibility index (Phi) is 16.7. The van der Waals surface area contributed by atoms with E-state index in [1.165, 1.54) is 0 Å². The summed E-state index contributed by atoms with van der Waals surface area (Å²) in [6.45, 7) is 6.18. The van der Waals surface area contributed by atoms with Crippen molar-refractivity contribution in [1.82, 2.24) is 10.9 Å². The van der Waals surface area contributed by atoms with Gasteiger partial charge in [-0.1, -0.05) is 6.92 Å². The molecule has 1 amide bonds. The number of ether oxygens (including phenoxy) is 3. The van der Waals surface area contributed by atoms with Gasteiger partial charge in [0.25, 0.3) is 0 Å². The average molecular weight is 308 g/mol. The highest BCUT2D eigenvalue weighted by molar-refractivity contribution is 5.75. The molecule has 0 rings (SSSR count). The minimum Gasteiger partial charge on any atom is -0.379 e. The first-order chi connectivity index (χ1) is 10.3. The Bertz CT molecular complexity index is 233. The van der Waals surface area contributed by atoms with Gasteiger partial charge in [0.05, 0.1) is 26.4 Å². The lowest BCUT2D eigenvalue weighted by Crippen LogP contribution is -2.24. The van der Waals surface area contributed by atoms with Crippen LogP contribution in [-0.2, 0) is 19.0 Å². The quantitative estimate of drug-likeness (QED) is 0.331. The zero-order valence-electron chi connectivity index (χ0n) is 13.0. The van der Waals surface area contributed by atoms with Crippen LogP contribution in [0.15, 0.2) is 0 Å². The highest BCUT2D eigenvalue weighted by Gasteiger charge is 1.97. The minimum absolute atomic E-state index is 0.100. The second kappa shape index (κ2) is 17.3. The predicted octanol–water partition coefficient (Wildman–Crippen LogP) is 1.21. The number of carbonyl (C=O) groups is 1. The van der Waals surface area contributed by atoms with Gasteiger partial charge in [0.15, 0.2) is 0 Å².